The van der Waals surface area contributed by atoms with Gasteiger partial charge in [-0.15, -0.1) is 0 Å². The van der Waals surface area contributed by atoms with Crippen molar-refractivity contribution in [1.82, 2.24) is 15.1 Å². The van der Waals surface area contributed by atoms with E-state index in [-0.39, 0.29) is 23.8 Å². The summed E-state index contributed by atoms with van der Waals surface area (Å²) in [5.41, 5.74) is 5.67. The van der Waals surface area contributed by atoms with Crippen molar-refractivity contribution in [2.24, 2.45) is 23.2 Å². The molecule has 4 bridgehead atoms. The number of amides is 2. The standard InChI is InChI=1S/C28H41N3O2/c1-19-8-20(2)25(21(3)9-19)18-30-4-6-31(7-5-30)27(33)17-29-26(32)16-28-13-22-10-23(14-28)12-24(11-22)15-28/h8-9,22-24H,4-7,10-18H2,1-3H3,(H,29,32). The monoisotopic (exact) mass is 451 g/mol. The van der Waals surface area contributed by atoms with Gasteiger partial charge in [0, 0.05) is 39.1 Å². The lowest BCUT2D eigenvalue weighted by atomic mass is 9.49. The molecule has 5 heteroatoms. The maximum absolute atomic E-state index is 12.8. The van der Waals surface area contributed by atoms with Crippen LogP contribution >= 0.6 is 0 Å². The Morgan fingerprint density at radius 3 is 2.00 bits per heavy atom. The van der Waals surface area contributed by atoms with Gasteiger partial charge in [-0.3, -0.25) is 14.5 Å². The quantitative estimate of drug-likeness (QED) is 0.712. The van der Waals surface area contributed by atoms with Crippen molar-refractivity contribution >= 4 is 11.8 Å². The maximum Gasteiger partial charge on any atom is 0.242 e. The third kappa shape index (κ3) is 4.99. The Bertz CT molecular complexity index is 857. The van der Waals surface area contributed by atoms with Crippen LogP contribution in [0.1, 0.15) is 67.2 Å². The fraction of sp³-hybridized carbons (Fsp3) is 0.714. The molecule has 33 heavy (non-hydrogen) atoms. The lowest BCUT2D eigenvalue weighted by molar-refractivity contribution is -0.136. The Kier molecular flexibility index (Phi) is 6.28. The molecule has 5 aliphatic rings. The number of hydrogen-bond donors (Lipinski definition) is 1. The van der Waals surface area contributed by atoms with Crippen LogP contribution in [0.4, 0.5) is 0 Å². The van der Waals surface area contributed by atoms with Crippen LogP contribution in [0.5, 0.6) is 0 Å². The first-order valence-corrected chi connectivity index (χ1v) is 13.1. The largest absolute Gasteiger partial charge is 0.347 e. The van der Waals surface area contributed by atoms with Crippen molar-refractivity contribution in [3.8, 4) is 0 Å². The smallest absolute Gasteiger partial charge is 0.242 e. The molecule has 2 amide bonds. The Morgan fingerprint density at radius 2 is 1.45 bits per heavy atom. The summed E-state index contributed by atoms with van der Waals surface area (Å²) in [7, 11) is 0. The molecule has 4 aliphatic carbocycles. The first-order chi connectivity index (χ1) is 15.8. The van der Waals surface area contributed by atoms with Crippen molar-refractivity contribution in [3.63, 3.8) is 0 Å². The van der Waals surface area contributed by atoms with E-state index in [2.05, 4.69) is 43.1 Å². The number of piperazine rings is 1. The highest BCUT2D eigenvalue weighted by Crippen LogP contribution is 2.61. The van der Waals surface area contributed by atoms with Crippen LogP contribution in [0.3, 0.4) is 0 Å². The number of benzene rings is 1. The van der Waals surface area contributed by atoms with Gasteiger partial charge in [-0.05, 0) is 99.2 Å². The Hall–Kier alpha value is -1.88. The van der Waals surface area contributed by atoms with Crippen LogP contribution in [-0.2, 0) is 16.1 Å². The molecule has 1 heterocycles. The molecule has 1 N–H and O–H groups in total. The van der Waals surface area contributed by atoms with Gasteiger partial charge in [0.1, 0.15) is 0 Å². The molecule has 0 atom stereocenters. The van der Waals surface area contributed by atoms with Crippen LogP contribution in [-0.4, -0.2) is 54.3 Å². The van der Waals surface area contributed by atoms with Gasteiger partial charge in [-0.2, -0.15) is 0 Å². The van der Waals surface area contributed by atoms with Crippen molar-refractivity contribution in [2.45, 2.75) is 72.3 Å². The molecule has 5 nitrogen and oxygen atoms in total. The molecule has 1 aliphatic heterocycles. The summed E-state index contributed by atoms with van der Waals surface area (Å²) in [6.45, 7) is 10.9. The molecule has 1 saturated heterocycles. The molecule has 0 unspecified atom stereocenters. The van der Waals surface area contributed by atoms with E-state index in [1.807, 2.05) is 4.90 Å². The first kappa shape index (κ1) is 22.9. The molecule has 0 radical (unpaired) electrons. The fourth-order valence-electron chi connectivity index (χ4n) is 8.03. The summed E-state index contributed by atoms with van der Waals surface area (Å²) in [6.07, 6.45) is 8.54. The van der Waals surface area contributed by atoms with E-state index < -0.39 is 0 Å². The Labute approximate surface area is 199 Å². The average molecular weight is 452 g/mol. The lowest BCUT2D eigenvalue weighted by Crippen LogP contribution is -2.51. The first-order valence-electron chi connectivity index (χ1n) is 13.1. The maximum atomic E-state index is 12.8. The number of nitrogens with zero attached hydrogens (tertiary/aromatic N) is 2. The highest BCUT2D eigenvalue weighted by molar-refractivity contribution is 5.85. The van der Waals surface area contributed by atoms with Crippen LogP contribution in [0.15, 0.2) is 12.1 Å². The van der Waals surface area contributed by atoms with Crippen LogP contribution in [0, 0.1) is 43.9 Å². The highest BCUT2D eigenvalue weighted by atomic mass is 16.2. The van der Waals surface area contributed by atoms with Gasteiger partial charge in [-0.1, -0.05) is 17.7 Å². The molecule has 5 fully saturated rings. The molecule has 1 aromatic rings. The zero-order valence-electron chi connectivity index (χ0n) is 20.8. The van der Waals surface area contributed by atoms with E-state index in [9.17, 15) is 9.59 Å². The molecular formula is C28H41N3O2. The van der Waals surface area contributed by atoms with E-state index in [4.69, 9.17) is 0 Å². The zero-order valence-corrected chi connectivity index (χ0v) is 20.8. The minimum absolute atomic E-state index is 0.0659. The fourth-order valence-corrected chi connectivity index (χ4v) is 8.03. The number of aryl methyl sites for hydroxylation is 3. The predicted molar refractivity (Wildman–Crippen MR) is 131 cm³/mol. The number of rotatable bonds is 6. The molecular weight excluding hydrogens is 410 g/mol. The van der Waals surface area contributed by atoms with E-state index in [1.54, 1.807) is 0 Å². The SMILES string of the molecule is Cc1cc(C)c(CN2CCN(C(=O)CNC(=O)CC34CC5CC(CC(C5)C3)C4)CC2)c(C)c1. The third-order valence-electron chi connectivity index (χ3n) is 9.08. The number of carbonyl (C=O) groups excluding carboxylic acids is 2. The van der Waals surface area contributed by atoms with Gasteiger partial charge in [0.15, 0.2) is 0 Å². The molecule has 1 aromatic carbocycles. The summed E-state index contributed by atoms with van der Waals surface area (Å²) in [6, 6.07) is 4.52. The van der Waals surface area contributed by atoms with Crippen LogP contribution in [0.25, 0.3) is 0 Å². The average Bonchev–Trinajstić information content (AvgIpc) is 2.73. The van der Waals surface area contributed by atoms with Crippen LogP contribution in [0.2, 0.25) is 0 Å². The highest BCUT2D eigenvalue weighted by Gasteiger charge is 2.51. The van der Waals surface area contributed by atoms with Gasteiger partial charge in [0.05, 0.1) is 6.54 Å². The summed E-state index contributed by atoms with van der Waals surface area (Å²) < 4.78 is 0. The molecule has 0 spiro atoms. The van der Waals surface area contributed by atoms with E-state index in [1.165, 1.54) is 60.8 Å². The number of carbonyl (C=O) groups is 2. The second-order valence-electron chi connectivity index (χ2n) is 11.9. The second kappa shape index (κ2) is 9.05. The molecule has 0 aromatic heterocycles. The predicted octanol–water partition coefficient (Wildman–Crippen LogP) is 3.98. The molecule has 180 valence electrons. The normalized spacial score (nSPS) is 31.1. The van der Waals surface area contributed by atoms with Crippen molar-refractivity contribution in [3.05, 3.63) is 34.4 Å². The Balaban J connectivity index is 1.06. The van der Waals surface area contributed by atoms with Gasteiger partial charge >= 0.3 is 0 Å². The van der Waals surface area contributed by atoms with Crippen molar-refractivity contribution in [1.29, 1.82) is 0 Å². The summed E-state index contributed by atoms with van der Waals surface area (Å²) in [5.74, 6) is 2.73. The Morgan fingerprint density at radius 1 is 0.909 bits per heavy atom. The van der Waals surface area contributed by atoms with Gasteiger partial charge < -0.3 is 10.2 Å². The van der Waals surface area contributed by atoms with Gasteiger partial charge in [0.2, 0.25) is 11.8 Å². The second-order valence-corrected chi connectivity index (χ2v) is 11.9. The van der Waals surface area contributed by atoms with Crippen LogP contribution < -0.4 is 5.32 Å². The number of hydrogen-bond acceptors (Lipinski definition) is 3. The van der Waals surface area contributed by atoms with E-state index >= 15 is 0 Å². The summed E-state index contributed by atoms with van der Waals surface area (Å²) >= 11 is 0. The van der Waals surface area contributed by atoms with E-state index in [0.29, 0.717) is 6.42 Å². The number of nitrogens with one attached hydrogen (secondary N) is 1. The van der Waals surface area contributed by atoms with Gasteiger partial charge in [-0.25, -0.2) is 0 Å². The zero-order chi connectivity index (χ0) is 23.2. The topological polar surface area (TPSA) is 52.6 Å². The molecule has 4 saturated carbocycles. The van der Waals surface area contributed by atoms with Gasteiger partial charge in [0.25, 0.3) is 0 Å². The lowest BCUT2D eigenvalue weighted by Gasteiger charge is -2.56. The molecule has 6 rings (SSSR count). The van der Waals surface area contributed by atoms with E-state index in [0.717, 1.165) is 50.5 Å². The minimum Gasteiger partial charge on any atom is -0.347 e. The van der Waals surface area contributed by atoms with Crippen molar-refractivity contribution < 1.29 is 9.59 Å². The third-order valence-corrected chi connectivity index (χ3v) is 9.08. The minimum atomic E-state index is 0.0659. The van der Waals surface area contributed by atoms with Crippen molar-refractivity contribution in [2.75, 3.05) is 32.7 Å². The summed E-state index contributed by atoms with van der Waals surface area (Å²) in [4.78, 5) is 29.9. The summed E-state index contributed by atoms with van der Waals surface area (Å²) in [5, 5.41) is 2.98.